The summed E-state index contributed by atoms with van der Waals surface area (Å²) in [6.45, 7) is 1.87. The lowest BCUT2D eigenvalue weighted by Gasteiger charge is -2.02. The van der Waals surface area contributed by atoms with Crippen molar-refractivity contribution in [1.29, 1.82) is 0 Å². The van der Waals surface area contributed by atoms with Crippen LogP contribution in [-0.2, 0) is 14.6 Å². The van der Waals surface area contributed by atoms with Crippen molar-refractivity contribution in [2.75, 3.05) is 11.5 Å². The van der Waals surface area contributed by atoms with Crippen molar-refractivity contribution in [3.63, 3.8) is 0 Å². The Labute approximate surface area is 92.2 Å². The van der Waals surface area contributed by atoms with Gasteiger partial charge in [-0.2, -0.15) is 0 Å². The Kier molecular flexibility index (Phi) is 4.77. The highest BCUT2D eigenvalue weighted by Gasteiger charge is 2.28. The van der Waals surface area contributed by atoms with Crippen LogP contribution in [0.2, 0.25) is 0 Å². The van der Waals surface area contributed by atoms with Gasteiger partial charge in [-0.1, -0.05) is 6.92 Å². The number of unbranched alkanes of at least 4 members (excludes halogenated alkanes) is 1. The summed E-state index contributed by atoms with van der Waals surface area (Å²) in [6, 6.07) is 0. The Balaban J connectivity index is 2.07. The predicted molar refractivity (Wildman–Crippen MR) is 60.5 cm³/mol. The Bertz CT molecular complexity index is 302. The van der Waals surface area contributed by atoms with Gasteiger partial charge in [-0.15, -0.1) is 0 Å². The zero-order valence-electron chi connectivity index (χ0n) is 9.37. The molecule has 0 aromatic rings. The highest BCUT2D eigenvalue weighted by molar-refractivity contribution is 7.91. The summed E-state index contributed by atoms with van der Waals surface area (Å²) in [5, 5.41) is 0. The van der Waals surface area contributed by atoms with E-state index >= 15 is 0 Å². The van der Waals surface area contributed by atoms with Gasteiger partial charge in [0.1, 0.15) is 15.6 Å². The molecule has 0 amide bonds. The number of rotatable bonds is 8. The highest BCUT2D eigenvalue weighted by atomic mass is 32.2. The molecule has 1 rings (SSSR count). The van der Waals surface area contributed by atoms with E-state index in [0.717, 1.165) is 19.3 Å². The highest BCUT2D eigenvalue weighted by Crippen LogP contribution is 2.31. The molecule has 3 nitrogen and oxygen atoms in total. The van der Waals surface area contributed by atoms with Gasteiger partial charge in [-0.3, -0.25) is 4.79 Å². The summed E-state index contributed by atoms with van der Waals surface area (Å²) >= 11 is 0. The van der Waals surface area contributed by atoms with E-state index in [4.69, 9.17) is 0 Å². The molecule has 1 aliphatic rings. The summed E-state index contributed by atoms with van der Waals surface area (Å²) in [7, 11) is -2.85. The van der Waals surface area contributed by atoms with E-state index in [9.17, 15) is 13.2 Å². The SMILES string of the molecule is CCCS(=O)(=O)CCCCC(=O)C1CC1. The number of hydrogen-bond acceptors (Lipinski definition) is 3. The third kappa shape index (κ3) is 5.30. The molecule has 0 bridgehead atoms. The molecule has 0 aromatic heterocycles. The average Bonchev–Trinajstić information content (AvgIpc) is 2.95. The maximum atomic E-state index is 11.3. The fourth-order valence-corrected chi connectivity index (χ4v) is 3.11. The lowest BCUT2D eigenvalue weighted by atomic mass is 10.1. The summed E-state index contributed by atoms with van der Waals surface area (Å²) in [6.07, 6.45) is 4.73. The first-order valence-corrected chi connectivity index (χ1v) is 7.60. The minimum atomic E-state index is -2.85. The van der Waals surface area contributed by atoms with Crippen LogP contribution in [0.4, 0.5) is 0 Å². The number of hydrogen-bond donors (Lipinski definition) is 0. The number of sulfone groups is 1. The van der Waals surface area contributed by atoms with Crippen LogP contribution < -0.4 is 0 Å². The molecule has 0 heterocycles. The third-order valence-corrected chi connectivity index (χ3v) is 4.62. The van der Waals surface area contributed by atoms with Gasteiger partial charge in [0, 0.05) is 18.1 Å². The molecule has 1 aliphatic carbocycles. The summed E-state index contributed by atoms with van der Waals surface area (Å²) < 4.78 is 22.7. The van der Waals surface area contributed by atoms with Crippen molar-refractivity contribution in [2.45, 2.75) is 45.4 Å². The first-order chi connectivity index (χ1) is 7.05. The zero-order valence-corrected chi connectivity index (χ0v) is 10.2. The second-order valence-electron chi connectivity index (χ2n) is 4.35. The largest absolute Gasteiger partial charge is 0.299 e. The van der Waals surface area contributed by atoms with E-state index in [2.05, 4.69) is 0 Å². The summed E-state index contributed by atoms with van der Waals surface area (Å²) in [4.78, 5) is 11.3. The monoisotopic (exact) mass is 232 g/mol. The van der Waals surface area contributed by atoms with E-state index in [-0.39, 0.29) is 11.5 Å². The van der Waals surface area contributed by atoms with Crippen molar-refractivity contribution in [2.24, 2.45) is 5.92 Å². The Morgan fingerprint density at radius 1 is 1.20 bits per heavy atom. The van der Waals surface area contributed by atoms with Gasteiger partial charge < -0.3 is 0 Å². The molecular weight excluding hydrogens is 212 g/mol. The van der Waals surface area contributed by atoms with Crippen molar-refractivity contribution < 1.29 is 13.2 Å². The molecule has 0 aromatic carbocycles. The Hall–Kier alpha value is -0.380. The first kappa shape index (κ1) is 12.7. The molecule has 15 heavy (non-hydrogen) atoms. The van der Waals surface area contributed by atoms with Gasteiger partial charge in [0.15, 0.2) is 0 Å². The molecule has 1 saturated carbocycles. The van der Waals surface area contributed by atoms with E-state index in [1.807, 2.05) is 6.92 Å². The van der Waals surface area contributed by atoms with Gasteiger partial charge in [-0.25, -0.2) is 8.42 Å². The minimum absolute atomic E-state index is 0.249. The molecule has 0 aliphatic heterocycles. The number of carbonyl (C=O) groups is 1. The zero-order chi connectivity index (χ0) is 11.3. The van der Waals surface area contributed by atoms with E-state index < -0.39 is 9.84 Å². The molecule has 1 fully saturated rings. The Morgan fingerprint density at radius 3 is 2.40 bits per heavy atom. The molecule has 0 spiro atoms. The Morgan fingerprint density at radius 2 is 1.87 bits per heavy atom. The van der Waals surface area contributed by atoms with E-state index in [1.54, 1.807) is 0 Å². The number of carbonyl (C=O) groups excluding carboxylic acids is 1. The second kappa shape index (κ2) is 5.64. The quantitative estimate of drug-likeness (QED) is 0.601. The standard InChI is InChI=1S/C11H20O3S/c1-2-8-15(13,14)9-4-3-5-11(12)10-6-7-10/h10H,2-9H2,1H3. The smallest absolute Gasteiger partial charge is 0.150 e. The van der Waals surface area contributed by atoms with Crippen LogP contribution in [0, 0.1) is 5.92 Å². The van der Waals surface area contributed by atoms with Gasteiger partial charge in [0.2, 0.25) is 0 Å². The third-order valence-electron chi connectivity index (χ3n) is 2.68. The lowest BCUT2D eigenvalue weighted by Crippen LogP contribution is -2.11. The van der Waals surface area contributed by atoms with Crippen molar-refractivity contribution in [1.82, 2.24) is 0 Å². The molecular formula is C11H20O3S. The molecule has 0 unspecified atom stereocenters. The van der Waals surface area contributed by atoms with Crippen LogP contribution in [0.3, 0.4) is 0 Å². The lowest BCUT2D eigenvalue weighted by molar-refractivity contribution is -0.120. The molecule has 0 N–H and O–H groups in total. The molecule has 88 valence electrons. The van der Waals surface area contributed by atoms with Gasteiger partial charge >= 0.3 is 0 Å². The van der Waals surface area contributed by atoms with Gasteiger partial charge in [0.25, 0.3) is 0 Å². The van der Waals surface area contributed by atoms with Crippen molar-refractivity contribution in [3.8, 4) is 0 Å². The molecule has 0 atom stereocenters. The maximum absolute atomic E-state index is 11.3. The number of ketones is 1. The maximum Gasteiger partial charge on any atom is 0.150 e. The first-order valence-electron chi connectivity index (χ1n) is 5.78. The topological polar surface area (TPSA) is 51.2 Å². The fraction of sp³-hybridized carbons (Fsp3) is 0.909. The van der Waals surface area contributed by atoms with Gasteiger partial charge in [0.05, 0.1) is 5.75 Å². The van der Waals surface area contributed by atoms with E-state index in [0.29, 0.717) is 31.0 Å². The van der Waals surface area contributed by atoms with Crippen LogP contribution in [0.25, 0.3) is 0 Å². The van der Waals surface area contributed by atoms with Crippen LogP contribution >= 0.6 is 0 Å². The second-order valence-corrected chi connectivity index (χ2v) is 6.65. The van der Waals surface area contributed by atoms with Gasteiger partial charge in [-0.05, 0) is 32.1 Å². The van der Waals surface area contributed by atoms with Crippen LogP contribution in [-0.4, -0.2) is 25.7 Å². The summed E-state index contributed by atoms with van der Waals surface area (Å²) in [5.74, 6) is 1.18. The fourth-order valence-electron chi connectivity index (χ4n) is 1.64. The number of Topliss-reactive ketones (excluding diaryl/α,β-unsaturated/α-hetero) is 1. The van der Waals surface area contributed by atoms with E-state index in [1.165, 1.54) is 0 Å². The molecule has 0 saturated heterocycles. The average molecular weight is 232 g/mol. The minimum Gasteiger partial charge on any atom is -0.299 e. The van der Waals surface area contributed by atoms with Crippen LogP contribution in [0.5, 0.6) is 0 Å². The van der Waals surface area contributed by atoms with Crippen molar-refractivity contribution >= 4 is 15.6 Å². The summed E-state index contributed by atoms with van der Waals surface area (Å²) in [5.41, 5.74) is 0. The molecule has 0 radical (unpaired) electrons. The normalized spacial score (nSPS) is 16.6. The van der Waals surface area contributed by atoms with Crippen molar-refractivity contribution in [3.05, 3.63) is 0 Å². The van der Waals surface area contributed by atoms with Crippen LogP contribution in [0.15, 0.2) is 0 Å². The predicted octanol–water partition coefficient (Wildman–Crippen LogP) is 1.96. The molecule has 4 heteroatoms. The van der Waals surface area contributed by atoms with Crippen LogP contribution in [0.1, 0.15) is 45.4 Å².